The first-order valence-corrected chi connectivity index (χ1v) is 10.8. The SMILES string of the molecule is Cc1ccc(S(=O)(=O)N2CCCCC2)cc1C(=O)NCCCc1ccco1. The number of furan rings is 1. The predicted octanol–water partition coefficient (Wildman–Crippen LogP) is 3.13. The highest BCUT2D eigenvalue weighted by Crippen LogP contribution is 2.22. The molecule has 2 aromatic rings. The summed E-state index contributed by atoms with van der Waals surface area (Å²) in [5.74, 6) is 0.637. The summed E-state index contributed by atoms with van der Waals surface area (Å²) in [5.41, 5.74) is 1.17. The Morgan fingerprint density at radius 2 is 1.96 bits per heavy atom. The third kappa shape index (κ3) is 4.78. The molecule has 1 aromatic heterocycles. The number of rotatable bonds is 7. The summed E-state index contributed by atoms with van der Waals surface area (Å²) in [6.07, 6.45) is 5.96. The fourth-order valence-electron chi connectivity index (χ4n) is 3.28. The molecule has 1 saturated heterocycles. The molecule has 6 nitrogen and oxygen atoms in total. The van der Waals surface area contributed by atoms with Crippen LogP contribution in [0.3, 0.4) is 0 Å². The van der Waals surface area contributed by atoms with Crippen LogP contribution in [0.15, 0.2) is 45.9 Å². The average molecular weight is 391 g/mol. The van der Waals surface area contributed by atoms with Crippen molar-refractivity contribution in [1.29, 1.82) is 0 Å². The van der Waals surface area contributed by atoms with Gasteiger partial charge >= 0.3 is 0 Å². The minimum Gasteiger partial charge on any atom is -0.469 e. The summed E-state index contributed by atoms with van der Waals surface area (Å²) in [6, 6.07) is 8.54. The molecule has 0 unspecified atom stereocenters. The van der Waals surface area contributed by atoms with Crippen molar-refractivity contribution in [3.63, 3.8) is 0 Å². The Morgan fingerprint density at radius 3 is 2.67 bits per heavy atom. The standard InChI is InChI=1S/C20H26N2O4S/c1-16-9-10-18(27(24,25)22-12-3-2-4-13-22)15-19(16)20(23)21-11-5-7-17-8-6-14-26-17/h6,8-10,14-15H,2-5,7,11-13H2,1H3,(H,21,23). The van der Waals surface area contributed by atoms with E-state index in [0.717, 1.165) is 43.4 Å². The molecule has 27 heavy (non-hydrogen) atoms. The highest BCUT2D eigenvalue weighted by molar-refractivity contribution is 7.89. The van der Waals surface area contributed by atoms with Gasteiger partial charge in [-0.05, 0) is 56.0 Å². The molecule has 0 saturated carbocycles. The van der Waals surface area contributed by atoms with Crippen molar-refractivity contribution in [2.45, 2.75) is 43.9 Å². The van der Waals surface area contributed by atoms with Gasteiger partial charge in [0.2, 0.25) is 10.0 Å². The summed E-state index contributed by atoms with van der Waals surface area (Å²) in [5, 5.41) is 2.87. The van der Waals surface area contributed by atoms with Gasteiger partial charge in [0.25, 0.3) is 5.91 Å². The van der Waals surface area contributed by atoms with Gasteiger partial charge in [0.15, 0.2) is 0 Å². The van der Waals surface area contributed by atoms with Gasteiger partial charge in [-0.15, -0.1) is 0 Å². The average Bonchev–Trinajstić information content (AvgIpc) is 3.19. The summed E-state index contributed by atoms with van der Waals surface area (Å²) in [7, 11) is -3.55. The normalized spacial score (nSPS) is 15.6. The van der Waals surface area contributed by atoms with Gasteiger partial charge in [-0.2, -0.15) is 4.31 Å². The van der Waals surface area contributed by atoms with Crippen LogP contribution in [-0.4, -0.2) is 38.3 Å². The minimum atomic E-state index is -3.55. The molecule has 0 bridgehead atoms. The molecule has 2 heterocycles. The first-order valence-electron chi connectivity index (χ1n) is 9.40. The first kappa shape index (κ1) is 19.6. The maximum absolute atomic E-state index is 12.8. The smallest absolute Gasteiger partial charge is 0.251 e. The van der Waals surface area contributed by atoms with E-state index >= 15 is 0 Å². The van der Waals surface area contributed by atoms with Crippen molar-refractivity contribution < 1.29 is 17.6 Å². The maximum Gasteiger partial charge on any atom is 0.251 e. The summed E-state index contributed by atoms with van der Waals surface area (Å²) < 4.78 is 32.5. The molecule has 1 aromatic carbocycles. The van der Waals surface area contributed by atoms with E-state index in [9.17, 15) is 13.2 Å². The molecule has 7 heteroatoms. The topological polar surface area (TPSA) is 79.6 Å². The van der Waals surface area contributed by atoms with Crippen molar-refractivity contribution in [2.75, 3.05) is 19.6 Å². The van der Waals surface area contributed by atoms with Crippen LogP contribution >= 0.6 is 0 Å². The van der Waals surface area contributed by atoms with Crippen molar-refractivity contribution in [3.05, 3.63) is 53.5 Å². The van der Waals surface area contributed by atoms with Crippen LogP contribution in [0, 0.1) is 6.92 Å². The number of amides is 1. The summed E-state index contributed by atoms with van der Waals surface area (Å²) in [6.45, 7) is 3.41. The molecule has 1 N–H and O–H groups in total. The number of hydrogen-bond donors (Lipinski definition) is 1. The highest BCUT2D eigenvalue weighted by Gasteiger charge is 2.27. The van der Waals surface area contributed by atoms with E-state index in [2.05, 4.69) is 5.32 Å². The number of carbonyl (C=O) groups excluding carboxylic acids is 1. The Bertz CT molecular complexity index is 869. The molecule has 1 amide bonds. The van der Waals surface area contributed by atoms with Gasteiger partial charge in [-0.1, -0.05) is 12.5 Å². The number of hydrogen-bond acceptors (Lipinski definition) is 4. The van der Waals surface area contributed by atoms with Crippen molar-refractivity contribution >= 4 is 15.9 Å². The van der Waals surface area contributed by atoms with Gasteiger partial charge in [-0.25, -0.2) is 8.42 Å². The number of piperidine rings is 1. The van der Waals surface area contributed by atoms with E-state index in [1.54, 1.807) is 18.4 Å². The second-order valence-electron chi connectivity index (χ2n) is 6.88. The second kappa shape index (κ2) is 8.71. The number of aryl methyl sites for hydroxylation is 2. The quantitative estimate of drug-likeness (QED) is 0.737. The van der Waals surface area contributed by atoms with E-state index in [1.807, 2.05) is 19.1 Å². The lowest BCUT2D eigenvalue weighted by Crippen LogP contribution is -2.35. The molecule has 3 rings (SSSR count). The van der Waals surface area contributed by atoms with Gasteiger partial charge in [0, 0.05) is 31.6 Å². The maximum atomic E-state index is 12.8. The number of carbonyl (C=O) groups is 1. The monoisotopic (exact) mass is 390 g/mol. The molecule has 1 aliphatic heterocycles. The molecular weight excluding hydrogens is 364 g/mol. The summed E-state index contributed by atoms with van der Waals surface area (Å²) in [4.78, 5) is 12.7. The molecule has 0 aliphatic carbocycles. The Kier molecular flexibility index (Phi) is 6.34. The molecule has 1 aliphatic rings. The third-order valence-electron chi connectivity index (χ3n) is 4.87. The Labute approximate surface area is 160 Å². The van der Waals surface area contributed by atoms with Crippen molar-refractivity contribution in [1.82, 2.24) is 9.62 Å². The van der Waals surface area contributed by atoms with Crippen LogP contribution in [0.5, 0.6) is 0 Å². The molecule has 1 fully saturated rings. The fourth-order valence-corrected chi connectivity index (χ4v) is 4.82. The zero-order valence-corrected chi connectivity index (χ0v) is 16.4. The lowest BCUT2D eigenvalue weighted by atomic mass is 10.1. The minimum absolute atomic E-state index is 0.190. The first-order chi connectivity index (χ1) is 13.0. The molecule has 0 atom stereocenters. The fraction of sp³-hybridized carbons (Fsp3) is 0.450. The van der Waals surface area contributed by atoms with Gasteiger partial charge in [-0.3, -0.25) is 4.79 Å². The van der Waals surface area contributed by atoms with Crippen LogP contribution in [0.4, 0.5) is 0 Å². The van der Waals surface area contributed by atoms with Crippen LogP contribution < -0.4 is 5.32 Å². The van der Waals surface area contributed by atoms with E-state index in [4.69, 9.17) is 4.42 Å². The highest BCUT2D eigenvalue weighted by atomic mass is 32.2. The largest absolute Gasteiger partial charge is 0.469 e. The van der Waals surface area contributed by atoms with E-state index in [1.165, 1.54) is 10.4 Å². The lowest BCUT2D eigenvalue weighted by molar-refractivity contribution is 0.0952. The number of benzene rings is 1. The van der Waals surface area contributed by atoms with Gasteiger partial charge in [0.05, 0.1) is 11.2 Å². The van der Waals surface area contributed by atoms with E-state index in [0.29, 0.717) is 25.2 Å². The van der Waals surface area contributed by atoms with Crippen molar-refractivity contribution in [3.8, 4) is 0 Å². The van der Waals surface area contributed by atoms with Gasteiger partial charge < -0.3 is 9.73 Å². The van der Waals surface area contributed by atoms with E-state index in [-0.39, 0.29) is 10.8 Å². The molecule has 0 radical (unpaired) electrons. The zero-order chi connectivity index (χ0) is 19.3. The lowest BCUT2D eigenvalue weighted by Gasteiger charge is -2.26. The van der Waals surface area contributed by atoms with Crippen LogP contribution in [0.1, 0.15) is 47.4 Å². The molecular formula is C20H26N2O4S. The Balaban J connectivity index is 1.66. The molecule has 0 spiro atoms. The number of nitrogens with one attached hydrogen (secondary N) is 1. The number of sulfonamides is 1. The Hall–Kier alpha value is -2.12. The van der Waals surface area contributed by atoms with Gasteiger partial charge in [0.1, 0.15) is 5.76 Å². The molecule has 146 valence electrons. The number of nitrogens with zero attached hydrogens (tertiary/aromatic N) is 1. The van der Waals surface area contributed by atoms with Crippen LogP contribution in [0.25, 0.3) is 0 Å². The van der Waals surface area contributed by atoms with Crippen LogP contribution in [0.2, 0.25) is 0 Å². The zero-order valence-electron chi connectivity index (χ0n) is 15.6. The van der Waals surface area contributed by atoms with Crippen LogP contribution in [-0.2, 0) is 16.4 Å². The van der Waals surface area contributed by atoms with Crippen molar-refractivity contribution in [2.24, 2.45) is 0 Å². The van der Waals surface area contributed by atoms with E-state index < -0.39 is 10.0 Å². The third-order valence-corrected chi connectivity index (χ3v) is 6.77. The predicted molar refractivity (Wildman–Crippen MR) is 103 cm³/mol. The Morgan fingerprint density at radius 1 is 1.19 bits per heavy atom. The second-order valence-corrected chi connectivity index (χ2v) is 8.82. The summed E-state index contributed by atoms with van der Waals surface area (Å²) >= 11 is 0.